The first-order chi connectivity index (χ1) is 17.1. The van der Waals surface area contributed by atoms with Crippen LogP contribution in [0.4, 0.5) is 9.59 Å². The van der Waals surface area contributed by atoms with Crippen molar-refractivity contribution in [2.75, 3.05) is 6.54 Å². The molecule has 0 saturated heterocycles. The number of amides is 4. The van der Waals surface area contributed by atoms with Crippen molar-refractivity contribution in [3.8, 4) is 0 Å². The van der Waals surface area contributed by atoms with Crippen LogP contribution < -0.4 is 21.3 Å². The fourth-order valence-electron chi connectivity index (χ4n) is 4.18. The van der Waals surface area contributed by atoms with E-state index in [-0.39, 0.29) is 0 Å². The van der Waals surface area contributed by atoms with Gasteiger partial charge >= 0.3 is 12.2 Å². The molecule has 0 heterocycles. The molecule has 0 aliphatic carbocycles. The molecule has 0 aliphatic heterocycles. The summed E-state index contributed by atoms with van der Waals surface area (Å²) in [6.07, 6.45) is -0.489. The molecule has 10 nitrogen and oxygen atoms in total. The Labute approximate surface area is 210 Å². The van der Waals surface area contributed by atoms with Crippen molar-refractivity contribution in [1.82, 2.24) is 21.3 Å². The highest BCUT2D eigenvalue weighted by Gasteiger charge is 2.34. The van der Waals surface area contributed by atoms with Gasteiger partial charge in [0.05, 0.1) is 12.1 Å². The number of rotatable bonds is 13. The minimum atomic E-state index is -1.41. The third-order valence-corrected chi connectivity index (χ3v) is 5.82. The Kier molecular flexibility index (Phi) is 11.0. The zero-order chi connectivity index (χ0) is 26.6. The van der Waals surface area contributed by atoms with E-state index in [1.54, 1.807) is 13.8 Å². The Morgan fingerprint density at radius 2 is 1.19 bits per heavy atom. The van der Waals surface area contributed by atoms with Gasteiger partial charge in [-0.05, 0) is 57.2 Å². The third kappa shape index (κ3) is 9.85. The number of hydrogen-bond acceptors (Lipinski definition) is 6. The van der Waals surface area contributed by atoms with Crippen molar-refractivity contribution < 1.29 is 29.4 Å². The van der Waals surface area contributed by atoms with Gasteiger partial charge in [-0.1, -0.05) is 60.7 Å². The van der Waals surface area contributed by atoms with Gasteiger partial charge in [0, 0.05) is 5.54 Å². The molecule has 0 saturated carbocycles. The number of carbonyl (C=O) groups excluding carboxylic acids is 2. The summed E-state index contributed by atoms with van der Waals surface area (Å²) in [5.41, 5.74) is 1.48. The summed E-state index contributed by atoms with van der Waals surface area (Å²) in [5.74, 6) is -1.29. The van der Waals surface area contributed by atoms with E-state index in [9.17, 15) is 19.2 Å². The molecule has 6 N–H and O–H groups in total. The molecule has 0 aliphatic rings. The van der Waals surface area contributed by atoms with Gasteiger partial charge in [-0.15, -0.1) is 0 Å². The van der Waals surface area contributed by atoms with Crippen LogP contribution in [0.3, 0.4) is 0 Å². The number of benzene rings is 2. The molecule has 0 fully saturated rings. The summed E-state index contributed by atoms with van der Waals surface area (Å²) in [7, 11) is 0. The Morgan fingerprint density at radius 3 is 1.64 bits per heavy atom. The summed E-state index contributed by atoms with van der Waals surface area (Å²) < 4.78 is 0. The van der Waals surface area contributed by atoms with E-state index < -0.39 is 41.6 Å². The molecule has 4 amide bonds. The number of imide groups is 2. The summed E-state index contributed by atoms with van der Waals surface area (Å²) in [6.45, 7) is 3.63. The van der Waals surface area contributed by atoms with E-state index in [0.29, 0.717) is 32.2 Å². The molecule has 0 spiro atoms. The first-order valence-electron chi connectivity index (χ1n) is 11.8. The van der Waals surface area contributed by atoms with Gasteiger partial charge in [0.15, 0.2) is 0 Å². The summed E-state index contributed by atoms with van der Waals surface area (Å²) in [5, 5.41) is 27.9. The van der Waals surface area contributed by atoms with Crippen LogP contribution >= 0.6 is 0 Å². The molecule has 2 aromatic carbocycles. The van der Waals surface area contributed by atoms with E-state index >= 15 is 0 Å². The Balaban J connectivity index is 2.25. The smallest absolute Gasteiger partial charge is 0.411 e. The number of hydrogen-bond donors (Lipinski definition) is 6. The fourth-order valence-corrected chi connectivity index (χ4v) is 4.18. The molecule has 0 unspecified atom stereocenters. The van der Waals surface area contributed by atoms with Gasteiger partial charge in [0.2, 0.25) is 11.8 Å². The van der Waals surface area contributed by atoms with E-state index in [2.05, 4.69) is 10.6 Å². The maximum atomic E-state index is 12.5. The van der Waals surface area contributed by atoms with Gasteiger partial charge in [0.25, 0.3) is 0 Å². The highest BCUT2D eigenvalue weighted by Crippen LogP contribution is 2.25. The first-order valence-corrected chi connectivity index (χ1v) is 11.8. The molecule has 0 radical (unpaired) electrons. The average molecular weight is 499 g/mol. The Bertz CT molecular complexity index is 974. The first kappa shape index (κ1) is 28.5. The van der Waals surface area contributed by atoms with Gasteiger partial charge < -0.3 is 15.5 Å². The molecule has 36 heavy (non-hydrogen) atoms. The zero-order valence-corrected chi connectivity index (χ0v) is 20.5. The lowest BCUT2D eigenvalue weighted by Gasteiger charge is -2.38. The van der Waals surface area contributed by atoms with Crippen molar-refractivity contribution >= 4 is 24.0 Å². The molecule has 10 heteroatoms. The molecule has 0 bridgehead atoms. The SMILES string of the molecule is C[C@H](NCCCC(Cc1ccccc1)(Cc1ccccc1)N[C@@H](C)C(=O)NC(=O)O)C(=O)NC(=O)O. The Morgan fingerprint density at radius 1 is 0.750 bits per heavy atom. The second-order valence-corrected chi connectivity index (χ2v) is 8.84. The second kappa shape index (κ2) is 14.0. The summed E-state index contributed by atoms with van der Waals surface area (Å²) in [6, 6.07) is 18.1. The second-order valence-electron chi connectivity index (χ2n) is 8.84. The van der Waals surface area contributed by atoms with Crippen LogP contribution in [0.2, 0.25) is 0 Å². The van der Waals surface area contributed by atoms with Crippen molar-refractivity contribution in [3.63, 3.8) is 0 Å². The van der Waals surface area contributed by atoms with Crippen LogP contribution in [-0.4, -0.2) is 58.4 Å². The van der Waals surface area contributed by atoms with Gasteiger partial charge in [-0.3, -0.25) is 25.5 Å². The standard InChI is InChI=1S/C26H34N4O6/c1-18(22(31)28-24(33)34)27-15-9-14-26(16-20-10-5-3-6-11-20,17-21-12-7-4-8-13-21)30-19(2)23(32)29-25(35)36/h3-8,10-13,18-19,27,30H,9,14-17H2,1-2H3,(H,28,31)(H,29,32)(H,33,34)(H,35,36)/t18-,19-/m0/s1. The minimum absolute atomic E-state index is 0.427. The third-order valence-electron chi connectivity index (χ3n) is 5.82. The summed E-state index contributed by atoms with van der Waals surface area (Å²) in [4.78, 5) is 46.1. The van der Waals surface area contributed by atoms with Crippen molar-refractivity contribution in [3.05, 3.63) is 71.8 Å². The predicted molar refractivity (Wildman–Crippen MR) is 135 cm³/mol. The normalized spacial score (nSPS) is 12.8. The highest BCUT2D eigenvalue weighted by atomic mass is 16.4. The van der Waals surface area contributed by atoms with E-state index in [0.717, 1.165) is 11.1 Å². The quantitative estimate of drug-likeness (QED) is 0.230. The van der Waals surface area contributed by atoms with Gasteiger partial charge in [0.1, 0.15) is 0 Å². The van der Waals surface area contributed by atoms with Crippen molar-refractivity contribution in [2.24, 2.45) is 0 Å². The lowest BCUT2D eigenvalue weighted by Crippen LogP contribution is -2.57. The zero-order valence-electron chi connectivity index (χ0n) is 20.5. The van der Waals surface area contributed by atoms with Crippen LogP contribution in [0.1, 0.15) is 37.8 Å². The number of carboxylic acid groups (broad SMARTS) is 2. The average Bonchev–Trinajstić information content (AvgIpc) is 2.82. The maximum Gasteiger partial charge on any atom is 0.411 e. The van der Waals surface area contributed by atoms with Crippen molar-refractivity contribution in [1.29, 1.82) is 0 Å². The van der Waals surface area contributed by atoms with Gasteiger partial charge in [-0.2, -0.15) is 0 Å². The largest absolute Gasteiger partial charge is 0.465 e. The highest BCUT2D eigenvalue weighted by molar-refractivity contribution is 5.94. The van der Waals surface area contributed by atoms with E-state index in [1.165, 1.54) is 0 Å². The fraction of sp³-hybridized carbons (Fsp3) is 0.385. The maximum absolute atomic E-state index is 12.5. The predicted octanol–water partition coefficient (Wildman–Crippen LogP) is 2.54. The van der Waals surface area contributed by atoms with Crippen LogP contribution in [0.5, 0.6) is 0 Å². The molecule has 2 rings (SSSR count). The molecular weight excluding hydrogens is 464 g/mol. The van der Waals surface area contributed by atoms with E-state index in [4.69, 9.17) is 10.2 Å². The molecule has 2 atom stereocenters. The van der Waals surface area contributed by atoms with Crippen LogP contribution in [-0.2, 0) is 22.4 Å². The topological polar surface area (TPSA) is 157 Å². The van der Waals surface area contributed by atoms with Crippen LogP contribution in [0, 0.1) is 0 Å². The summed E-state index contributed by atoms with van der Waals surface area (Å²) >= 11 is 0. The number of carbonyl (C=O) groups is 4. The van der Waals surface area contributed by atoms with Crippen molar-refractivity contribution in [2.45, 2.75) is 57.2 Å². The molecule has 2 aromatic rings. The van der Waals surface area contributed by atoms with E-state index in [1.807, 2.05) is 71.3 Å². The monoisotopic (exact) mass is 498 g/mol. The van der Waals surface area contributed by atoms with Crippen LogP contribution in [0.15, 0.2) is 60.7 Å². The lowest BCUT2D eigenvalue weighted by atomic mass is 9.80. The lowest BCUT2D eigenvalue weighted by molar-refractivity contribution is -0.123. The molecule has 0 aromatic heterocycles. The molecular formula is C26H34N4O6. The number of nitrogens with one attached hydrogen (secondary N) is 4. The Hall–Kier alpha value is -3.76. The van der Waals surface area contributed by atoms with Crippen LogP contribution in [0.25, 0.3) is 0 Å². The molecule has 194 valence electrons. The van der Waals surface area contributed by atoms with Gasteiger partial charge in [-0.25, -0.2) is 9.59 Å². The minimum Gasteiger partial charge on any atom is -0.465 e.